The molecule has 168 valence electrons. The molecule has 10 heteroatoms. The second-order valence-corrected chi connectivity index (χ2v) is 9.86. The largest absolute Gasteiger partial charge is 0.382 e. The molecule has 1 spiro atoms. The topological polar surface area (TPSA) is 112 Å². The number of pyridine rings is 1. The minimum atomic E-state index is -0.190. The summed E-state index contributed by atoms with van der Waals surface area (Å²) in [6.07, 6.45) is 4.53. The lowest BCUT2D eigenvalue weighted by Crippen LogP contribution is -2.51. The van der Waals surface area contributed by atoms with Gasteiger partial charge in [0, 0.05) is 42.7 Å². The molecule has 2 saturated heterocycles. The average molecular weight is 465 g/mol. The summed E-state index contributed by atoms with van der Waals surface area (Å²) in [6, 6.07) is 1.82. The van der Waals surface area contributed by atoms with Gasteiger partial charge in [-0.1, -0.05) is 30.3 Å². The highest BCUT2D eigenvalue weighted by atomic mass is 35.5. The van der Waals surface area contributed by atoms with E-state index in [0.717, 1.165) is 37.2 Å². The van der Waals surface area contributed by atoms with E-state index >= 15 is 0 Å². The van der Waals surface area contributed by atoms with Crippen molar-refractivity contribution in [2.45, 2.75) is 55.0 Å². The third-order valence-corrected chi connectivity index (χ3v) is 8.37. The fraction of sp³-hybridized carbons (Fsp3) is 0.571. The number of ether oxygens (including phenoxy) is 1. The van der Waals surface area contributed by atoms with Crippen LogP contribution < -0.4 is 21.9 Å². The molecule has 8 nitrogen and oxygen atoms in total. The van der Waals surface area contributed by atoms with Gasteiger partial charge in [-0.2, -0.15) is 4.98 Å². The number of hydrogen-bond donors (Lipinski definition) is 2. The van der Waals surface area contributed by atoms with Crippen LogP contribution in [0.2, 0.25) is 5.02 Å². The maximum atomic E-state index is 13.1. The van der Waals surface area contributed by atoms with E-state index in [-0.39, 0.29) is 28.9 Å². The first-order chi connectivity index (χ1) is 14.8. The zero-order valence-electron chi connectivity index (χ0n) is 18.1. The minimum Gasteiger partial charge on any atom is -0.382 e. The van der Waals surface area contributed by atoms with Gasteiger partial charge in [-0.25, -0.2) is 0 Å². The molecular formula is C21H29ClN6O2S. The molecule has 2 aromatic heterocycles. The van der Waals surface area contributed by atoms with Crippen LogP contribution in [0.3, 0.4) is 0 Å². The van der Waals surface area contributed by atoms with Gasteiger partial charge in [0.05, 0.1) is 23.4 Å². The molecular weight excluding hydrogens is 436 g/mol. The van der Waals surface area contributed by atoms with E-state index in [1.54, 1.807) is 23.9 Å². The summed E-state index contributed by atoms with van der Waals surface area (Å²) in [4.78, 5) is 25.1. The Morgan fingerprint density at radius 2 is 2.10 bits per heavy atom. The molecule has 31 heavy (non-hydrogen) atoms. The van der Waals surface area contributed by atoms with Crippen LogP contribution >= 0.6 is 23.4 Å². The van der Waals surface area contributed by atoms with Crippen molar-refractivity contribution < 1.29 is 4.74 Å². The Bertz CT molecular complexity index is 1040. The first kappa shape index (κ1) is 22.4. The van der Waals surface area contributed by atoms with Crippen LogP contribution in [0.5, 0.6) is 0 Å². The number of aryl methyl sites for hydroxylation is 1. The first-order valence-electron chi connectivity index (χ1n) is 10.5. The molecule has 0 radical (unpaired) electrons. The number of nitrogens with two attached hydrogens (primary N) is 2. The monoisotopic (exact) mass is 464 g/mol. The first-order valence-corrected chi connectivity index (χ1v) is 11.7. The SMILES string of the molecule is CC[C@@H]1OCC2(CCN(c3nc(N)c(Sc4ccnc(C)c4Cl)c(=O)n3C)CC2)[C@@H]1N. The standard InChI is InChI=1S/C21H29ClN6O2S/c1-4-13-17(23)21(11-30-13)6-9-28(10-7-21)20-26-18(24)16(19(29)27(20)3)31-14-5-8-25-12(2)15(14)22/h5,8,13,17H,4,6-7,9-11,23-24H2,1-3H3/t13-,17+/m0/s1. The summed E-state index contributed by atoms with van der Waals surface area (Å²) in [6.45, 7) is 6.16. The molecule has 2 fully saturated rings. The number of nitrogen functional groups attached to an aromatic ring is 1. The van der Waals surface area contributed by atoms with Crippen molar-refractivity contribution in [2.75, 3.05) is 30.3 Å². The fourth-order valence-corrected chi connectivity index (χ4v) is 5.74. The molecule has 2 aliphatic heterocycles. The van der Waals surface area contributed by atoms with Gasteiger partial charge in [0.15, 0.2) is 0 Å². The second kappa shape index (κ2) is 8.61. The summed E-state index contributed by atoms with van der Waals surface area (Å²) in [7, 11) is 1.73. The van der Waals surface area contributed by atoms with Gasteiger partial charge >= 0.3 is 0 Å². The predicted molar refractivity (Wildman–Crippen MR) is 124 cm³/mol. The van der Waals surface area contributed by atoms with Gasteiger partial charge in [-0.15, -0.1) is 0 Å². The van der Waals surface area contributed by atoms with E-state index in [0.29, 0.717) is 28.2 Å². The van der Waals surface area contributed by atoms with Crippen LogP contribution in [0, 0.1) is 12.3 Å². The molecule has 0 bridgehead atoms. The van der Waals surface area contributed by atoms with Crippen molar-refractivity contribution in [1.82, 2.24) is 14.5 Å². The number of nitrogens with zero attached hydrogens (tertiary/aromatic N) is 4. The minimum absolute atomic E-state index is 0.00728. The average Bonchev–Trinajstić information content (AvgIpc) is 3.07. The molecule has 0 amide bonds. The van der Waals surface area contributed by atoms with Crippen molar-refractivity contribution in [2.24, 2.45) is 18.2 Å². The van der Waals surface area contributed by atoms with Crippen LogP contribution in [-0.4, -0.2) is 46.4 Å². The maximum Gasteiger partial charge on any atom is 0.270 e. The van der Waals surface area contributed by atoms with E-state index in [1.807, 2.05) is 6.92 Å². The smallest absolute Gasteiger partial charge is 0.270 e. The van der Waals surface area contributed by atoms with Crippen LogP contribution in [-0.2, 0) is 11.8 Å². The summed E-state index contributed by atoms with van der Waals surface area (Å²) >= 11 is 7.58. The van der Waals surface area contributed by atoms with Crippen molar-refractivity contribution in [3.8, 4) is 0 Å². The van der Waals surface area contributed by atoms with E-state index in [4.69, 9.17) is 27.8 Å². The van der Waals surface area contributed by atoms with E-state index in [1.165, 1.54) is 11.8 Å². The van der Waals surface area contributed by atoms with Crippen molar-refractivity contribution in [3.05, 3.63) is 33.3 Å². The van der Waals surface area contributed by atoms with Crippen LogP contribution in [0.1, 0.15) is 31.9 Å². The van der Waals surface area contributed by atoms with Gasteiger partial charge in [0.2, 0.25) is 5.95 Å². The maximum absolute atomic E-state index is 13.1. The highest BCUT2D eigenvalue weighted by Gasteiger charge is 2.48. The zero-order chi connectivity index (χ0) is 22.3. The molecule has 0 saturated carbocycles. The predicted octanol–water partition coefficient (Wildman–Crippen LogP) is 2.59. The van der Waals surface area contributed by atoms with Crippen LogP contribution in [0.25, 0.3) is 0 Å². The lowest BCUT2D eigenvalue weighted by Gasteiger charge is -2.42. The Balaban J connectivity index is 1.56. The quantitative estimate of drug-likeness (QED) is 0.709. The Labute approximate surface area is 191 Å². The molecule has 4 rings (SSSR count). The summed E-state index contributed by atoms with van der Waals surface area (Å²) in [5.74, 6) is 0.791. The molecule has 4 heterocycles. The summed E-state index contributed by atoms with van der Waals surface area (Å²) in [5.41, 5.74) is 13.3. The normalized spacial score (nSPS) is 22.9. The highest BCUT2D eigenvalue weighted by Crippen LogP contribution is 2.43. The fourth-order valence-electron chi connectivity index (χ4n) is 4.55. The molecule has 2 aromatic rings. The molecule has 0 aromatic carbocycles. The van der Waals surface area contributed by atoms with Gasteiger partial charge < -0.3 is 21.1 Å². The number of aromatic nitrogens is 3. The van der Waals surface area contributed by atoms with Crippen LogP contribution in [0.15, 0.2) is 26.8 Å². The number of anilines is 2. The Hall–Kier alpha value is -1.81. The zero-order valence-corrected chi connectivity index (χ0v) is 19.7. The van der Waals surface area contributed by atoms with Crippen molar-refractivity contribution in [3.63, 3.8) is 0 Å². The third-order valence-electron chi connectivity index (χ3n) is 6.63. The third kappa shape index (κ3) is 3.92. The number of piperidine rings is 1. The van der Waals surface area contributed by atoms with Gasteiger partial charge in [0.1, 0.15) is 10.7 Å². The highest BCUT2D eigenvalue weighted by molar-refractivity contribution is 7.99. The Morgan fingerprint density at radius 1 is 1.39 bits per heavy atom. The van der Waals surface area contributed by atoms with Crippen LogP contribution in [0.4, 0.5) is 11.8 Å². The summed E-state index contributed by atoms with van der Waals surface area (Å²) < 4.78 is 7.52. The molecule has 4 N–H and O–H groups in total. The van der Waals surface area contributed by atoms with E-state index in [2.05, 4.69) is 21.8 Å². The number of halogens is 1. The Kier molecular flexibility index (Phi) is 6.22. The van der Waals surface area contributed by atoms with Crippen molar-refractivity contribution in [1.29, 1.82) is 0 Å². The lowest BCUT2D eigenvalue weighted by molar-refractivity contribution is 0.0857. The van der Waals surface area contributed by atoms with Gasteiger partial charge in [-0.05, 0) is 32.3 Å². The lowest BCUT2D eigenvalue weighted by atomic mass is 9.73. The molecule has 0 aliphatic carbocycles. The molecule has 0 unspecified atom stereocenters. The summed E-state index contributed by atoms with van der Waals surface area (Å²) in [5, 5.41) is 0.514. The second-order valence-electron chi connectivity index (χ2n) is 8.43. The number of hydrogen-bond acceptors (Lipinski definition) is 8. The molecule has 2 aliphatic rings. The van der Waals surface area contributed by atoms with E-state index < -0.39 is 0 Å². The van der Waals surface area contributed by atoms with E-state index in [9.17, 15) is 4.79 Å². The molecule has 2 atom stereocenters. The number of rotatable bonds is 4. The Morgan fingerprint density at radius 3 is 2.74 bits per heavy atom. The van der Waals surface area contributed by atoms with Gasteiger partial charge in [0.25, 0.3) is 5.56 Å². The van der Waals surface area contributed by atoms with Crippen molar-refractivity contribution >= 4 is 35.1 Å². The van der Waals surface area contributed by atoms with Gasteiger partial charge in [-0.3, -0.25) is 14.3 Å².